The molecule has 1 aromatic heterocycles. The average Bonchev–Trinajstić information content (AvgIpc) is 2.77. The Morgan fingerprint density at radius 1 is 1.33 bits per heavy atom. The van der Waals surface area contributed by atoms with Crippen LogP contribution in [0.5, 0.6) is 0 Å². The molecule has 0 bridgehead atoms. The molecule has 1 aromatic carbocycles. The van der Waals surface area contributed by atoms with Gasteiger partial charge >= 0.3 is 0 Å². The summed E-state index contributed by atoms with van der Waals surface area (Å²) in [6.45, 7) is 6.99. The van der Waals surface area contributed by atoms with Crippen LogP contribution in [0.15, 0.2) is 18.2 Å². The van der Waals surface area contributed by atoms with Crippen LogP contribution in [0.25, 0.3) is 10.9 Å². The van der Waals surface area contributed by atoms with Crippen molar-refractivity contribution in [3.63, 3.8) is 0 Å². The van der Waals surface area contributed by atoms with Gasteiger partial charge in [0.15, 0.2) is 0 Å². The number of β-amino-alcohol motifs (C(OH)–C–C–N with tert-alkyl or cyclic N) is 1. The second-order valence-corrected chi connectivity index (χ2v) is 6.79. The summed E-state index contributed by atoms with van der Waals surface area (Å²) in [5.41, 5.74) is 5.87. The van der Waals surface area contributed by atoms with E-state index in [0.29, 0.717) is 6.04 Å². The van der Waals surface area contributed by atoms with Crippen molar-refractivity contribution in [3.8, 4) is 0 Å². The van der Waals surface area contributed by atoms with Crippen molar-refractivity contribution in [1.82, 2.24) is 9.47 Å². The molecule has 2 aliphatic rings. The molecule has 0 saturated heterocycles. The number of aliphatic hydroxyl groups is 1. The third-order valence-electron chi connectivity index (χ3n) is 5.14. The largest absolute Gasteiger partial charge is 0.392 e. The van der Waals surface area contributed by atoms with Crippen LogP contribution in [-0.2, 0) is 13.0 Å². The Morgan fingerprint density at radius 3 is 3.00 bits per heavy atom. The highest BCUT2D eigenvalue weighted by molar-refractivity contribution is 5.87. The standard InChI is InChI=1S/C18H24N2O/c1-12-6-7-16-15(10-12)14-4-3-5-17-18(14)20(16)9-8-19(17)11-13(2)21/h6-7,10,13,17,21H,3-5,8-9,11H2,1-2H3. The number of aryl methyl sites for hydroxylation is 2. The summed E-state index contributed by atoms with van der Waals surface area (Å²) < 4.78 is 2.55. The zero-order valence-corrected chi connectivity index (χ0v) is 13.0. The smallest absolute Gasteiger partial charge is 0.0639 e. The molecule has 0 amide bonds. The third-order valence-corrected chi connectivity index (χ3v) is 5.14. The van der Waals surface area contributed by atoms with Crippen LogP contribution in [-0.4, -0.2) is 33.8 Å². The van der Waals surface area contributed by atoms with E-state index in [0.717, 1.165) is 19.6 Å². The van der Waals surface area contributed by atoms with Crippen molar-refractivity contribution in [3.05, 3.63) is 35.0 Å². The molecule has 2 atom stereocenters. The van der Waals surface area contributed by atoms with Gasteiger partial charge in [-0.25, -0.2) is 0 Å². The van der Waals surface area contributed by atoms with Crippen LogP contribution < -0.4 is 0 Å². The zero-order chi connectivity index (χ0) is 14.6. The van der Waals surface area contributed by atoms with Crippen LogP contribution in [0.3, 0.4) is 0 Å². The van der Waals surface area contributed by atoms with Gasteiger partial charge in [-0.15, -0.1) is 0 Å². The first-order valence-corrected chi connectivity index (χ1v) is 8.19. The van der Waals surface area contributed by atoms with E-state index in [1.165, 1.54) is 41.4 Å². The highest BCUT2D eigenvalue weighted by atomic mass is 16.3. The number of aromatic nitrogens is 1. The molecular formula is C18H24N2O. The lowest BCUT2D eigenvalue weighted by Gasteiger charge is -2.40. The highest BCUT2D eigenvalue weighted by Crippen LogP contribution is 2.42. The minimum atomic E-state index is -0.242. The van der Waals surface area contributed by atoms with E-state index in [1.807, 2.05) is 6.92 Å². The minimum absolute atomic E-state index is 0.242. The van der Waals surface area contributed by atoms with E-state index in [-0.39, 0.29) is 6.10 Å². The fourth-order valence-electron chi connectivity index (χ4n) is 4.35. The maximum atomic E-state index is 9.78. The quantitative estimate of drug-likeness (QED) is 0.918. The predicted molar refractivity (Wildman–Crippen MR) is 85.6 cm³/mol. The molecule has 3 heteroatoms. The lowest BCUT2D eigenvalue weighted by atomic mass is 9.89. The molecule has 0 spiro atoms. The molecule has 3 nitrogen and oxygen atoms in total. The highest BCUT2D eigenvalue weighted by Gasteiger charge is 2.34. The van der Waals surface area contributed by atoms with Crippen molar-refractivity contribution in [1.29, 1.82) is 0 Å². The van der Waals surface area contributed by atoms with Crippen LogP contribution in [0.1, 0.15) is 42.6 Å². The lowest BCUT2D eigenvalue weighted by molar-refractivity contribution is 0.0731. The molecule has 21 heavy (non-hydrogen) atoms. The molecule has 2 aromatic rings. The Balaban J connectivity index is 1.88. The van der Waals surface area contributed by atoms with Crippen LogP contribution >= 0.6 is 0 Å². The molecule has 0 radical (unpaired) electrons. The maximum Gasteiger partial charge on any atom is 0.0639 e. The van der Waals surface area contributed by atoms with Gasteiger partial charge < -0.3 is 9.67 Å². The number of nitrogens with zero attached hydrogens (tertiary/aromatic N) is 2. The topological polar surface area (TPSA) is 28.4 Å². The van der Waals surface area contributed by atoms with Crippen molar-refractivity contribution >= 4 is 10.9 Å². The normalized spacial score (nSPS) is 23.3. The first kappa shape index (κ1) is 13.4. The summed E-state index contributed by atoms with van der Waals surface area (Å²) in [5, 5.41) is 11.2. The first-order chi connectivity index (χ1) is 10.1. The van der Waals surface area contributed by atoms with Gasteiger partial charge in [0, 0.05) is 36.2 Å². The predicted octanol–water partition coefficient (Wildman–Crippen LogP) is 3.02. The molecule has 112 valence electrons. The Bertz CT molecular complexity index is 686. The van der Waals surface area contributed by atoms with Crippen LogP contribution in [0.4, 0.5) is 0 Å². The van der Waals surface area contributed by atoms with E-state index >= 15 is 0 Å². The van der Waals surface area contributed by atoms with Gasteiger partial charge in [0.25, 0.3) is 0 Å². The Hall–Kier alpha value is -1.32. The van der Waals surface area contributed by atoms with Crippen molar-refractivity contribution in [2.45, 2.75) is 51.8 Å². The minimum Gasteiger partial charge on any atom is -0.392 e. The molecule has 4 rings (SSSR count). The summed E-state index contributed by atoms with van der Waals surface area (Å²) in [6, 6.07) is 7.39. The monoisotopic (exact) mass is 284 g/mol. The molecule has 2 heterocycles. The number of benzene rings is 1. The van der Waals surface area contributed by atoms with Crippen LogP contribution in [0, 0.1) is 6.92 Å². The number of hydrogen-bond acceptors (Lipinski definition) is 2. The molecule has 0 saturated carbocycles. The van der Waals surface area contributed by atoms with Gasteiger partial charge in [-0.2, -0.15) is 0 Å². The summed E-state index contributed by atoms with van der Waals surface area (Å²) in [6.07, 6.45) is 3.46. The van der Waals surface area contributed by atoms with Crippen LogP contribution in [0.2, 0.25) is 0 Å². The summed E-state index contributed by atoms with van der Waals surface area (Å²) in [4.78, 5) is 2.49. The van der Waals surface area contributed by atoms with Gasteiger partial charge in [-0.3, -0.25) is 4.90 Å². The molecule has 1 aliphatic carbocycles. The van der Waals surface area contributed by atoms with E-state index in [9.17, 15) is 5.11 Å². The van der Waals surface area contributed by atoms with Gasteiger partial charge in [-0.1, -0.05) is 11.6 Å². The number of hydrogen-bond donors (Lipinski definition) is 1. The van der Waals surface area contributed by atoms with Crippen molar-refractivity contribution in [2.75, 3.05) is 13.1 Å². The number of aliphatic hydroxyl groups excluding tert-OH is 1. The van der Waals surface area contributed by atoms with Gasteiger partial charge in [0.1, 0.15) is 0 Å². The summed E-state index contributed by atoms with van der Waals surface area (Å²) in [7, 11) is 0. The Labute approximate surface area is 126 Å². The molecule has 1 aliphatic heterocycles. The summed E-state index contributed by atoms with van der Waals surface area (Å²) in [5.74, 6) is 0. The first-order valence-electron chi connectivity index (χ1n) is 8.19. The average molecular weight is 284 g/mol. The van der Waals surface area contributed by atoms with E-state index in [2.05, 4.69) is 34.6 Å². The number of rotatable bonds is 2. The second kappa shape index (κ2) is 4.85. The fourth-order valence-corrected chi connectivity index (χ4v) is 4.35. The fraction of sp³-hybridized carbons (Fsp3) is 0.556. The third kappa shape index (κ3) is 2.02. The Kier molecular flexibility index (Phi) is 3.09. The molecular weight excluding hydrogens is 260 g/mol. The maximum absolute atomic E-state index is 9.78. The molecule has 1 N–H and O–H groups in total. The second-order valence-electron chi connectivity index (χ2n) is 6.79. The van der Waals surface area contributed by atoms with Gasteiger partial charge in [-0.05, 0) is 50.8 Å². The zero-order valence-electron chi connectivity index (χ0n) is 13.0. The SMILES string of the molecule is Cc1ccc2c(c1)c1c3n2CCN(CC(C)O)C3CCC1. The van der Waals surface area contributed by atoms with E-state index in [4.69, 9.17) is 0 Å². The molecule has 2 unspecified atom stereocenters. The Morgan fingerprint density at radius 2 is 2.19 bits per heavy atom. The van der Waals surface area contributed by atoms with E-state index in [1.54, 1.807) is 5.56 Å². The van der Waals surface area contributed by atoms with Crippen molar-refractivity contribution in [2.24, 2.45) is 0 Å². The van der Waals surface area contributed by atoms with Gasteiger partial charge in [0.2, 0.25) is 0 Å². The molecule has 0 fully saturated rings. The number of fused-ring (bicyclic) bond motifs is 3. The van der Waals surface area contributed by atoms with E-state index < -0.39 is 0 Å². The lowest BCUT2D eigenvalue weighted by Crippen LogP contribution is -2.42. The summed E-state index contributed by atoms with van der Waals surface area (Å²) >= 11 is 0. The van der Waals surface area contributed by atoms with Gasteiger partial charge in [0.05, 0.1) is 12.1 Å². The van der Waals surface area contributed by atoms with Crippen molar-refractivity contribution < 1.29 is 5.11 Å².